The molecule has 0 radical (unpaired) electrons. The van der Waals surface area contributed by atoms with Crippen LogP contribution >= 0.6 is 0 Å². The Bertz CT molecular complexity index is 2870. The minimum absolute atomic E-state index is 0.948. The van der Waals surface area contributed by atoms with Gasteiger partial charge in [-0.25, -0.2) is 0 Å². The van der Waals surface area contributed by atoms with Crippen molar-refractivity contribution in [2.24, 2.45) is 0 Å². The van der Waals surface area contributed by atoms with Crippen LogP contribution in [-0.4, -0.2) is 0 Å². The number of rotatable bonds is 11. The SMILES string of the molecule is C1=C(C2=C(c3ccccc3)C=C(N(c3ccccc3)c3ccc(-c4ccccc4)cc3)CC2)CCC(c2ccc(N(c3ccccc3)c3ccc(-c4ccccc4)cc3)cc2)=C1. The zero-order chi connectivity index (χ0) is 41.5. The molecule has 8 aromatic carbocycles. The molecular weight excluding hydrogens is 749 g/mol. The van der Waals surface area contributed by atoms with E-state index >= 15 is 0 Å². The summed E-state index contributed by atoms with van der Waals surface area (Å²) in [5.41, 5.74) is 20.1. The Labute approximate surface area is 366 Å². The van der Waals surface area contributed by atoms with E-state index in [1.807, 2.05) is 0 Å². The average Bonchev–Trinajstić information content (AvgIpc) is 3.36. The highest BCUT2D eigenvalue weighted by Crippen LogP contribution is 2.44. The van der Waals surface area contributed by atoms with Crippen molar-refractivity contribution in [3.63, 3.8) is 0 Å². The predicted octanol–water partition coefficient (Wildman–Crippen LogP) is 16.6. The monoisotopic (exact) mass is 796 g/mol. The fourth-order valence-electron chi connectivity index (χ4n) is 9.00. The molecule has 0 aromatic heterocycles. The zero-order valence-corrected chi connectivity index (χ0v) is 34.8. The molecular formula is C60H48N2. The molecule has 0 heterocycles. The van der Waals surface area contributed by atoms with Gasteiger partial charge in [0.1, 0.15) is 0 Å². The highest BCUT2D eigenvalue weighted by Gasteiger charge is 2.24. The van der Waals surface area contributed by atoms with Crippen LogP contribution in [0.2, 0.25) is 0 Å². The van der Waals surface area contributed by atoms with Crippen LogP contribution in [0.4, 0.5) is 28.4 Å². The number of hydrogen-bond donors (Lipinski definition) is 0. The third-order valence-electron chi connectivity index (χ3n) is 12.2. The molecule has 2 aliphatic rings. The lowest BCUT2D eigenvalue weighted by Gasteiger charge is -2.32. The van der Waals surface area contributed by atoms with Gasteiger partial charge in [-0.3, -0.25) is 0 Å². The Morgan fingerprint density at radius 3 is 1.08 bits per heavy atom. The van der Waals surface area contributed by atoms with Crippen molar-refractivity contribution in [2.75, 3.05) is 9.80 Å². The van der Waals surface area contributed by atoms with Gasteiger partial charge in [0.15, 0.2) is 0 Å². The molecule has 2 nitrogen and oxygen atoms in total. The fraction of sp³-hybridized carbons (Fsp3) is 0.0667. The van der Waals surface area contributed by atoms with Crippen molar-refractivity contribution in [3.8, 4) is 22.3 Å². The third kappa shape index (κ3) is 8.24. The van der Waals surface area contributed by atoms with Gasteiger partial charge in [-0.15, -0.1) is 0 Å². The molecule has 10 rings (SSSR count). The van der Waals surface area contributed by atoms with Gasteiger partial charge in [0.25, 0.3) is 0 Å². The summed E-state index contributed by atoms with van der Waals surface area (Å²) in [6.45, 7) is 0. The van der Waals surface area contributed by atoms with Crippen LogP contribution in [0.25, 0.3) is 33.4 Å². The lowest BCUT2D eigenvalue weighted by molar-refractivity contribution is 0.858. The molecule has 0 spiro atoms. The van der Waals surface area contributed by atoms with Crippen molar-refractivity contribution in [2.45, 2.75) is 25.7 Å². The Morgan fingerprint density at radius 1 is 0.258 bits per heavy atom. The second-order valence-electron chi connectivity index (χ2n) is 16.0. The Morgan fingerprint density at radius 2 is 0.613 bits per heavy atom. The maximum Gasteiger partial charge on any atom is 0.0462 e. The van der Waals surface area contributed by atoms with Crippen LogP contribution in [0.1, 0.15) is 36.8 Å². The molecule has 0 N–H and O–H groups in total. The normalized spacial score (nSPS) is 13.8. The van der Waals surface area contributed by atoms with Crippen LogP contribution in [0, 0.1) is 0 Å². The van der Waals surface area contributed by atoms with Gasteiger partial charge < -0.3 is 9.80 Å². The van der Waals surface area contributed by atoms with E-state index in [0.717, 1.165) is 42.7 Å². The van der Waals surface area contributed by atoms with Crippen LogP contribution < -0.4 is 9.80 Å². The summed E-state index contributed by atoms with van der Waals surface area (Å²) < 4.78 is 0. The fourth-order valence-corrected chi connectivity index (χ4v) is 9.00. The topological polar surface area (TPSA) is 6.48 Å². The molecule has 2 aliphatic carbocycles. The molecule has 0 bridgehead atoms. The molecule has 0 aliphatic heterocycles. The van der Waals surface area contributed by atoms with E-state index in [1.165, 1.54) is 72.7 Å². The maximum absolute atomic E-state index is 2.46. The molecule has 0 amide bonds. The number of allylic oxidation sites excluding steroid dienone is 8. The van der Waals surface area contributed by atoms with E-state index in [2.05, 4.69) is 252 Å². The Kier molecular flexibility index (Phi) is 11.1. The molecule has 0 saturated carbocycles. The lowest BCUT2D eigenvalue weighted by Crippen LogP contribution is -2.19. The van der Waals surface area contributed by atoms with Crippen LogP contribution in [0.3, 0.4) is 0 Å². The number of anilines is 5. The standard InChI is InChI=1S/C60H48N2/c1-6-16-45(17-7-1)48-30-36-55(37-31-48)61(53-22-12-4-13-23-53)56-38-34-50(35-39-56)47-26-28-52(29-27-47)59-43-42-58(44-60(59)51-20-10-3-11-21-51)62(54-24-14-5-15-25-54)57-40-32-49(33-41-57)46-18-8-2-9-19-46/h1-26,28,30-41,44H,27,29,42-43H2. The maximum atomic E-state index is 2.46. The first-order valence-electron chi connectivity index (χ1n) is 21.8. The molecule has 0 unspecified atom stereocenters. The summed E-state index contributed by atoms with van der Waals surface area (Å²) >= 11 is 0. The highest BCUT2D eigenvalue weighted by molar-refractivity contribution is 5.86. The zero-order valence-electron chi connectivity index (χ0n) is 34.8. The van der Waals surface area contributed by atoms with Crippen LogP contribution in [0.5, 0.6) is 0 Å². The highest BCUT2D eigenvalue weighted by atomic mass is 15.2. The van der Waals surface area contributed by atoms with E-state index < -0.39 is 0 Å². The second-order valence-corrected chi connectivity index (χ2v) is 16.0. The van der Waals surface area contributed by atoms with E-state index in [0.29, 0.717) is 0 Å². The number of benzene rings is 8. The van der Waals surface area contributed by atoms with Crippen LogP contribution in [0.15, 0.2) is 260 Å². The molecule has 0 saturated heterocycles. The van der Waals surface area contributed by atoms with Gasteiger partial charge >= 0.3 is 0 Å². The largest absolute Gasteiger partial charge is 0.314 e. The minimum Gasteiger partial charge on any atom is -0.314 e. The van der Waals surface area contributed by atoms with Gasteiger partial charge in [-0.1, -0.05) is 176 Å². The third-order valence-corrected chi connectivity index (χ3v) is 12.2. The first-order chi connectivity index (χ1) is 30.7. The molecule has 0 fully saturated rings. The summed E-state index contributed by atoms with van der Waals surface area (Å²) in [6, 6.07) is 80.7. The predicted molar refractivity (Wildman–Crippen MR) is 263 cm³/mol. The van der Waals surface area contributed by atoms with Gasteiger partial charge in [0.05, 0.1) is 0 Å². The van der Waals surface area contributed by atoms with E-state index in [1.54, 1.807) is 0 Å². The first-order valence-corrected chi connectivity index (χ1v) is 21.8. The summed E-state index contributed by atoms with van der Waals surface area (Å²) in [5.74, 6) is 0. The molecule has 62 heavy (non-hydrogen) atoms. The second kappa shape index (κ2) is 17.9. The van der Waals surface area contributed by atoms with Crippen molar-refractivity contribution in [3.05, 3.63) is 271 Å². The van der Waals surface area contributed by atoms with E-state index in [4.69, 9.17) is 0 Å². The Balaban J connectivity index is 0.955. The van der Waals surface area contributed by atoms with Crippen molar-refractivity contribution < 1.29 is 0 Å². The molecule has 2 heteroatoms. The number of hydrogen-bond acceptors (Lipinski definition) is 2. The van der Waals surface area contributed by atoms with E-state index in [9.17, 15) is 0 Å². The van der Waals surface area contributed by atoms with E-state index in [-0.39, 0.29) is 0 Å². The number of para-hydroxylation sites is 2. The van der Waals surface area contributed by atoms with Gasteiger partial charge in [0, 0.05) is 34.1 Å². The van der Waals surface area contributed by atoms with Gasteiger partial charge in [0.2, 0.25) is 0 Å². The van der Waals surface area contributed by atoms with Gasteiger partial charge in [-0.05, 0) is 148 Å². The first kappa shape index (κ1) is 38.5. The minimum atomic E-state index is 0.948. The molecule has 0 atom stereocenters. The smallest absolute Gasteiger partial charge is 0.0462 e. The lowest BCUT2D eigenvalue weighted by atomic mass is 9.81. The van der Waals surface area contributed by atoms with Crippen molar-refractivity contribution >= 4 is 39.6 Å². The molecule has 8 aromatic rings. The Hall–Kier alpha value is -7.68. The summed E-state index contributed by atoms with van der Waals surface area (Å²) in [6.07, 6.45) is 11.2. The van der Waals surface area contributed by atoms with Crippen molar-refractivity contribution in [1.29, 1.82) is 0 Å². The number of nitrogens with zero attached hydrogens (tertiary/aromatic N) is 2. The quantitative estimate of drug-likeness (QED) is 0.129. The summed E-state index contributed by atoms with van der Waals surface area (Å²) in [4.78, 5) is 4.79. The van der Waals surface area contributed by atoms with Gasteiger partial charge in [-0.2, -0.15) is 0 Å². The van der Waals surface area contributed by atoms with Crippen molar-refractivity contribution in [1.82, 2.24) is 0 Å². The van der Waals surface area contributed by atoms with Crippen LogP contribution in [-0.2, 0) is 0 Å². The summed E-state index contributed by atoms with van der Waals surface area (Å²) in [5, 5.41) is 0. The average molecular weight is 797 g/mol. The molecule has 298 valence electrons. The summed E-state index contributed by atoms with van der Waals surface area (Å²) in [7, 11) is 0.